The Morgan fingerprint density at radius 3 is 2.59 bits per heavy atom. The van der Waals surface area contributed by atoms with E-state index >= 15 is 0 Å². The Balaban J connectivity index is 2.29. The van der Waals surface area contributed by atoms with Crippen molar-refractivity contribution in [2.24, 2.45) is 5.73 Å². The molecule has 0 saturated carbocycles. The summed E-state index contributed by atoms with van der Waals surface area (Å²) in [4.78, 5) is 27.2. The second kappa shape index (κ2) is 6.84. The number of nitrogens with zero attached hydrogens (tertiary/aromatic N) is 2. The number of amides is 2. The highest BCUT2D eigenvalue weighted by Crippen LogP contribution is 2.15. The number of nitrogens with two attached hydrogens (primary N) is 1. The number of hydrogen-bond acceptors (Lipinski definition) is 3. The monoisotopic (exact) mass is 304 g/mol. The van der Waals surface area contributed by atoms with Gasteiger partial charge in [-0.25, -0.2) is 9.37 Å². The maximum Gasteiger partial charge on any atom is 0.267 e. The van der Waals surface area contributed by atoms with Crippen molar-refractivity contribution in [2.45, 2.75) is 26.3 Å². The zero-order valence-corrected chi connectivity index (χ0v) is 12.2. The number of aromatic nitrogens is 2. The van der Waals surface area contributed by atoms with Crippen LogP contribution in [-0.2, 0) is 11.3 Å². The summed E-state index contributed by atoms with van der Waals surface area (Å²) < 4.78 is 14.5. The lowest BCUT2D eigenvalue weighted by atomic mass is 10.2. The summed E-state index contributed by atoms with van der Waals surface area (Å²) >= 11 is 0. The van der Waals surface area contributed by atoms with Gasteiger partial charge in [0, 0.05) is 6.42 Å². The van der Waals surface area contributed by atoms with Crippen molar-refractivity contribution in [3.63, 3.8) is 0 Å². The van der Waals surface area contributed by atoms with Gasteiger partial charge >= 0.3 is 0 Å². The molecule has 0 aliphatic heterocycles. The first-order valence-corrected chi connectivity index (χ1v) is 6.91. The minimum absolute atomic E-state index is 0.177. The molecule has 0 spiro atoms. The number of carbonyl (C=O) groups is 2. The summed E-state index contributed by atoms with van der Waals surface area (Å²) in [6.45, 7) is 2.14. The summed E-state index contributed by atoms with van der Waals surface area (Å²) in [5.41, 5.74) is 6.26. The fraction of sp³-hybridized carbons (Fsp3) is 0.267. The van der Waals surface area contributed by atoms with Gasteiger partial charge in [0.25, 0.3) is 5.91 Å². The second-order valence-electron chi connectivity index (χ2n) is 4.84. The Hall–Kier alpha value is -2.70. The lowest BCUT2D eigenvalue weighted by Crippen LogP contribution is -2.21. The van der Waals surface area contributed by atoms with Crippen molar-refractivity contribution in [1.82, 2.24) is 9.55 Å². The Kier molecular flexibility index (Phi) is 4.88. The average molecular weight is 304 g/mol. The van der Waals surface area contributed by atoms with E-state index in [-0.39, 0.29) is 29.9 Å². The molecule has 2 aromatic rings. The molecular weight excluding hydrogens is 287 g/mol. The number of benzene rings is 1. The minimum atomic E-state index is -0.648. The van der Waals surface area contributed by atoms with Crippen LogP contribution in [0.3, 0.4) is 0 Å². The molecule has 0 radical (unpaired) electrons. The Bertz CT molecular complexity index is 679. The number of halogens is 1. The van der Waals surface area contributed by atoms with Gasteiger partial charge in [0.1, 0.15) is 11.5 Å². The van der Waals surface area contributed by atoms with Crippen molar-refractivity contribution >= 4 is 17.8 Å². The molecular formula is C15H17FN4O2. The number of carbonyl (C=O) groups excluding carboxylic acids is 2. The smallest absolute Gasteiger partial charge is 0.267 e. The summed E-state index contributed by atoms with van der Waals surface area (Å²) in [6, 6.07) is 5.84. The van der Waals surface area contributed by atoms with E-state index in [0.29, 0.717) is 12.8 Å². The van der Waals surface area contributed by atoms with E-state index in [4.69, 9.17) is 5.73 Å². The van der Waals surface area contributed by atoms with Crippen molar-refractivity contribution in [3.8, 4) is 0 Å². The van der Waals surface area contributed by atoms with Gasteiger partial charge in [0.05, 0.1) is 12.7 Å². The van der Waals surface area contributed by atoms with Crippen LogP contribution in [0.1, 0.15) is 35.8 Å². The van der Waals surface area contributed by atoms with E-state index in [0.717, 1.165) is 5.56 Å². The van der Waals surface area contributed by atoms with E-state index in [1.807, 2.05) is 6.92 Å². The summed E-state index contributed by atoms with van der Waals surface area (Å²) in [6.07, 6.45) is 2.37. The maximum absolute atomic E-state index is 13.0. The van der Waals surface area contributed by atoms with Gasteiger partial charge < -0.3 is 10.3 Å². The number of imidazole rings is 1. The first-order valence-electron chi connectivity index (χ1n) is 6.91. The minimum Gasteiger partial charge on any atom is -0.364 e. The molecule has 3 N–H and O–H groups in total. The Labute approximate surface area is 127 Å². The topological polar surface area (TPSA) is 90.0 Å². The van der Waals surface area contributed by atoms with Crippen molar-refractivity contribution < 1.29 is 14.0 Å². The molecule has 0 bridgehead atoms. The first-order chi connectivity index (χ1) is 10.5. The predicted octanol–water partition coefficient (Wildman–Crippen LogP) is 1.91. The SMILES string of the molecule is CCCC(=O)Nc1ncc(C(N)=O)n1Cc1ccc(F)cc1. The van der Waals surface area contributed by atoms with Gasteiger partial charge in [0.2, 0.25) is 11.9 Å². The normalized spacial score (nSPS) is 10.5. The highest BCUT2D eigenvalue weighted by molar-refractivity contribution is 5.93. The van der Waals surface area contributed by atoms with Gasteiger partial charge in [-0.3, -0.25) is 14.9 Å². The van der Waals surface area contributed by atoms with Crippen LogP contribution in [0, 0.1) is 5.82 Å². The van der Waals surface area contributed by atoms with E-state index < -0.39 is 5.91 Å². The molecule has 1 aromatic carbocycles. The third-order valence-electron chi connectivity index (χ3n) is 3.09. The summed E-state index contributed by atoms with van der Waals surface area (Å²) in [5.74, 6) is -0.937. The number of nitrogens with one attached hydrogen (secondary N) is 1. The van der Waals surface area contributed by atoms with Crippen LogP contribution in [0.15, 0.2) is 30.5 Å². The van der Waals surface area contributed by atoms with E-state index in [9.17, 15) is 14.0 Å². The van der Waals surface area contributed by atoms with Crippen LogP contribution in [0.25, 0.3) is 0 Å². The highest BCUT2D eigenvalue weighted by Gasteiger charge is 2.16. The number of rotatable bonds is 6. The molecule has 0 saturated heterocycles. The van der Waals surface area contributed by atoms with Gasteiger partial charge in [-0.05, 0) is 24.1 Å². The third-order valence-corrected chi connectivity index (χ3v) is 3.09. The summed E-state index contributed by atoms with van der Waals surface area (Å²) in [5, 5.41) is 2.65. The van der Waals surface area contributed by atoms with Gasteiger partial charge in [-0.15, -0.1) is 0 Å². The molecule has 2 amide bonds. The zero-order valence-electron chi connectivity index (χ0n) is 12.2. The lowest BCUT2D eigenvalue weighted by Gasteiger charge is -2.11. The average Bonchev–Trinajstić information content (AvgIpc) is 2.84. The van der Waals surface area contributed by atoms with Crippen molar-refractivity contribution in [1.29, 1.82) is 0 Å². The molecule has 0 fully saturated rings. The number of hydrogen-bond donors (Lipinski definition) is 2. The highest BCUT2D eigenvalue weighted by atomic mass is 19.1. The van der Waals surface area contributed by atoms with Crippen LogP contribution < -0.4 is 11.1 Å². The first kappa shape index (κ1) is 15.7. The molecule has 0 aliphatic rings. The molecule has 7 heteroatoms. The van der Waals surface area contributed by atoms with Crippen LogP contribution >= 0.6 is 0 Å². The summed E-state index contributed by atoms with van der Waals surface area (Å²) in [7, 11) is 0. The van der Waals surface area contributed by atoms with Crippen LogP contribution in [0.4, 0.5) is 10.3 Å². The van der Waals surface area contributed by atoms with Crippen molar-refractivity contribution in [2.75, 3.05) is 5.32 Å². The third kappa shape index (κ3) is 3.69. The predicted molar refractivity (Wildman–Crippen MR) is 79.8 cm³/mol. The molecule has 1 aromatic heterocycles. The van der Waals surface area contributed by atoms with Gasteiger partial charge in [0.15, 0.2) is 0 Å². The fourth-order valence-electron chi connectivity index (χ4n) is 2.02. The molecule has 0 unspecified atom stereocenters. The molecule has 0 atom stereocenters. The Morgan fingerprint density at radius 2 is 2.00 bits per heavy atom. The molecule has 2 rings (SSSR count). The van der Waals surface area contributed by atoms with E-state index in [1.165, 1.54) is 22.9 Å². The zero-order chi connectivity index (χ0) is 16.1. The van der Waals surface area contributed by atoms with E-state index in [1.54, 1.807) is 12.1 Å². The van der Waals surface area contributed by atoms with Gasteiger partial charge in [-0.1, -0.05) is 19.1 Å². The molecule has 6 nitrogen and oxygen atoms in total. The van der Waals surface area contributed by atoms with Crippen LogP contribution in [0.5, 0.6) is 0 Å². The molecule has 116 valence electrons. The largest absolute Gasteiger partial charge is 0.364 e. The van der Waals surface area contributed by atoms with Crippen LogP contribution in [0.2, 0.25) is 0 Å². The lowest BCUT2D eigenvalue weighted by molar-refractivity contribution is -0.116. The van der Waals surface area contributed by atoms with Crippen LogP contribution in [-0.4, -0.2) is 21.4 Å². The molecule has 1 heterocycles. The fourth-order valence-corrected chi connectivity index (χ4v) is 2.02. The number of primary amides is 1. The van der Waals surface area contributed by atoms with E-state index in [2.05, 4.69) is 10.3 Å². The van der Waals surface area contributed by atoms with Gasteiger partial charge in [-0.2, -0.15) is 0 Å². The van der Waals surface area contributed by atoms with Crippen molar-refractivity contribution in [3.05, 3.63) is 47.5 Å². The quantitative estimate of drug-likeness (QED) is 0.854. The Morgan fingerprint density at radius 1 is 1.32 bits per heavy atom. The second-order valence-corrected chi connectivity index (χ2v) is 4.84. The molecule has 22 heavy (non-hydrogen) atoms. The number of anilines is 1. The maximum atomic E-state index is 13.0. The molecule has 0 aliphatic carbocycles. The standard InChI is InChI=1S/C15H17FN4O2/c1-2-3-13(21)19-15-18-8-12(14(17)22)20(15)9-10-4-6-11(16)7-5-10/h4-8H,2-3,9H2,1H3,(H2,17,22)(H,18,19,21).